The van der Waals surface area contributed by atoms with Gasteiger partial charge in [-0.1, -0.05) is 0 Å². The van der Waals surface area contributed by atoms with Crippen molar-refractivity contribution >= 4 is 5.91 Å². The number of nitrogens with zero attached hydrogens (tertiary/aromatic N) is 1. The fraction of sp³-hybridized carbons (Fsp3) is 0.650. The molecule has 2 fully saturated rings. The first-order chi connectivity index (χ1) is 13.7. The van der Waals surface area contributed by atoms with Crippen LogP contribution < -0.4 is 5.32 Å². The molecule has 1 aromatic carbocycles. The third kappa shape index (κ3) is 4.59. The number of piperidine rings is 1. The van der Waals surface area contributed by atoms with Crippen LogP contribution in [0.2, 0.25) is 0 Å². The summed E-state index contributed by atoms with van der Waals surface area (Å²) in [7, 11) is 3.35. The largest absolute Gasteiger partial charge is 0.416 e. The minimum Gasteiger partial charge on any atom is -0.372 e. The fourth-order valence-electron chi connectivity index (χ4n) is 4.49. The number of alkyl halides is 6. The second kappa shape index (κ2) is 7.71. The van der Waals surface area contributed by atoms with E-state index in [9.17, 15) is 31.1 Å². The molecule has 4 unspecified atom stereocenters. The van der Waals surface area contributed by atoms with Gasteiger partial charge in [0.1, 0.15) is 0 Å². The molecule has 0 aliphatic carbocycles. The number of hydrogen-bond acceptors (Lipinski definition) is 3. The number of ether oxygens (including phenoxy) is 1. The lowest BCUT2D eigenvalue weighted by Gasteiger charge is -2.39. The first-order valence-electron chi connectivity index (χ1n) is 9.59. The van der Waals surface area contributed by atoms with E-state index in [-0.39, 0.29) is 36.1 Å². The van der Waals surface area contributed by atoms with Crippen LogP contribution in [0.25, 0.3) is 0 Å². The molecule has 2 aliphatic heterocycles. The minimum absolute atomic E-state index is 0.00966. The van der Waals surface area contributed by atoms with Gasteiger partial charge in [0.2, 0.25) is 5.91 Å². The first kappa shape index (κ1) is 22.9. The van der Waals surface area contributed by atoms with Crippen LogP contribution in [0, 0.1) is 5.92 Å². The number of fused-ring (bicyclic) bond motifs is 2. The monoisotopic (exact) mass is 438 g/mol. The van der Waals surface area contributed by atoms with E-state index in [2.05, 4.69) is 5.32 Å². The Bertz CT molecular complexity index is 775. The van der Waals surface area contributed by atoms with Crippen molar-refractivity contribution in [3.05, 3.63) is 34.9 Å². The van der Waals surface area contributed by atoms with Crippen molar-refractivity contribution in [2.24, 2.45) is 5.92 Å². The van der Waals surface area contributed by atoms with Crippen molar-refractivity contribution in [2.75, 3.05) is 14.1 Å². The Hall–Kier alpha value is -1.81. The van der Waals surface area contributed by atoms with E-state index < -0.39 is 35.1 Å². The fourth-order valence-corrected chi connectivity index (χ4v) is 4.49. The summed E-state index contributed by atoms with van der Waals surface area (Å²) in [6.07, 6.45) is -8.52. The van der Waals surface area contributed by atoms with Gasteiger partial charge in [-0.2, -0.15) is 26.3 Å². The van der Waals surface area contributed by atoms with Crippen LogP contribution in [0.4, 0.5) is 26.3 Å². The maximum Gasteiger partial charge on any atom is 0.416 e. The highest BCUT2D eigenvalue weighted by Gasteiger charge is 2.52. The van der Waals surface area contributed by atoms with Gasteiger partial charge in [-0.3, -0.25) is 4.79 Å². The molecule has 0 spiro atoms. The van der Waals surface area contributed by atoms with Crippen molar-refractivity contribution in [3.63, 3.8) is 0 Å². The lowest BCUT2D eigenvalue weighted by Crippen LogP contribution is -2.54. The zero-order valence-electron chi connectivity index (χ0n) is 16.8. The van der Waals surface area contributed by atoms with E-state index in [4.69, 9.17) is 4.74 Å². The second-order valence-electron chi connectivity index (χ2n) is 8.50. The van der Waals surface area contributed by atoms with Crippen LogP contribution in [0.3, 0.4) is 0 Å². The van der Waals surface area contributed by atoms with Crippen molar-refractivity contribution in [3.8, 4) is 0 Å². The highest BCUT2D eigenvalue weighted by Crippen LogP contribution is 2.42. The number of carbonyl (C=O) groups is 1. The standard InChI is InChI=1S/C20H24F6N2O2/c1-18-9-14(17(29)28(2)3)15(27-18)4-5-16(18)30-10-11-6-12(19(21,22)23)8-13(7-11)20(24,25)26/h6-8,14-16,27H,4-5,9-10H2,1-3H3. The Balaban J connectivity index is 1.77. The summed E-state index contributed by atoms with van der Waals surface area (Å²) < 4.78 is 84.1. The van der Waals surface area contributed by atoms with Gasteiger partial charge in [0.05, 0.1) is 29.8 Å². The molecule has 168 valence electrons. The number of hydrogen-bond donors (Lipinski definition) is 1. The number of carbonyl (C=O) groups excluding carboxylic acids is 1. The second-order valence-corrected chi connectivity index (χ2v) is 8.50. The van der Waals surface area contributed by atoms with Gasteiger partial charge in [0.15, 0.2) is 0 Å². The molecule has 30 heavy (non-hydrogen) atoms. The van der Waals surface area contributed by atoms with E-state index in [0.717, 1.165) is 0 Å². The summed E-state index contributed by atoms with van der Waals surface area (Å²) in [5.41, 5.74) is -3.49. The molecule has 1 amide bonds. The van der Waals surface area contributed by atoms with Crippen molar-refractivity contribution in [1.29, 1.82) is 0 Å². The van der Waals surface area contributed by atoms with Crippen LogP contribution in [-0.4, -0.2) is 42.6 Å². The van der Waals surface area contributed by atoms with E-state index in [1.165, 1.54) is 4.90 Å². The summed E-state index contributed by atoms with van der Waals surface area (Å²) in [6, 6.07) is 1.45. The molecule has 0 aromatic heterocycles. The first-order valence-corrected chi connectivity index (χ1v) is 9.59. The third-order valence-electron chi connectivity index (χ3n) is 5.95. The lowest BCUT2D eigenvalue weighted by atomic mass is 9.88. The zero-order valence-corrected chi connectivity index (χ0v) is 16.8. The van der Waals surface area contributed by atoms with Crippen LogP contribution in [0.1, 0.15) is 42.9 Å². The summed E-state index contributed by atoms with van der Waals surface area (Å²) in [5, 5.41) is 3.38. The molecule has 2 saturated heterocycles. The summed E-state index contributed by atoms with van der Waals surface area (Å²) in [5.74, 6) is -0.242. The van der Waals surface area contributed by atoms with E-state index >= 15 is 0 Å². The SMILES string of the molecule is CN(C)C(=O)C1CC2(C)NC1CCC2OCc1cc(C(F)(F)F)cc(C(F)(F)F)c1. The van der Waals surface area contributed by atoms with Crippen molar-refractivity contribution in [1.82, 2.24) is 10.2 Å². The van der Waals surface area contributed by atoms with Gasteiger partial charge in [-0.25, -0.2) is 0 Å². The predicted molar refractivity (Wildman–Crippen MR) is 96.4 cm³/mol. The Labute approximate surface area is 170 Å². The predicted octanol–water partition coefficient (Wildman–Crippen LogP) is 4.23. The molecule has 4 atom stereocenters. The number of amides is 1. The normalized spacial score (nSPS) is 29.2. The van der Waals surface area contributed by atoms with Gasteiger partial charge >= 0.3 is 12.4 Å². The lowest BCUT2D eigenvalue weighted by molar-refractivity contribution is -0.143. The Kier molecular flexibility index (Phi) is 5.87. The Morgan fingerprint density at radius 1 is 1.10 bits per heavy atom. The number of nitrogens with one attached hydrogen (secondary N) is 1. The molecular weight excluding hydrogens is 414 g/mol. The van der Waals surface area contributed by atoms with E-state index in [0.29, 0.717) is 31.4 Å². The van der Waals surface area contributed by atoms with Crippen LogP contribution >= 0.6 is 0 Å². The average Bonchev–Trinajstić information content (AvgIpc) is 2.90. The number of rotatable bonds is 4. The summed E-state index contributed by atoms with van der Waals surface area (Å²) in [4.78, 5) is 13.9. The molecule has 2 aliphatic rings. The van der Waals surface area contributed by atoms with Gasteiger partial charge < -0.3 is 15.0 Å². The van der Waals surface area contributed by atoms with Gasteiger partial charge in [-0.15, -0.1) is 0 Å². The van der Waals surface area contributed by atoms with Gasteiger partial charge in [0.25, 0.3) is 0 Å². The molecule has 10 heteroatoms. The average molecular weight is 438 g/mol. The molecule has 1 aromatic rings. The molecule has 2 heterocycles. The molecule has 0 saturated carbocycles. The van der Waals surface area contributed by atoms with Crippen molar-refractivity contribution in [2.45, 2.75) is 62.8 Å². The maximum atomic E-state index is 13.0. The molecule has 2 bridgehead atoms. The van der Waals surface area contributed by atoms with E-state index in [1.807, 2.05) is 6.92 Å². The van der Waals surface area contributed by atoms with Gasteiger partial charge in [0, 0.05) is 25.7 Å². The maximum absolute atomic E-state index is 13.0. The van der Waals surface area contributed by atoms with Crippen LogP contribution in [0.15, 0.2) is 18.2 Å². The molecular formula is C20H24F6N2O2. The minimum atomic E-state index is -4.90. The highest BCUT2D eigenvalue weighted by molar-refractivity contribution is 5.79. The Morgan fingerprint density at radius 3 is 2.17 bits per heavy atom. The topological polar surface area (TPSA) is 41.6 Å². The third-order valence-corrected chi connectivity index (χ3v) is 5.95. The molecule has 1 N–H and O–H groups in total. The number of benzene rings is 1. The quantitative estimate of drug-likeness (QED) is 0.716. The summed E-state index contributed by atoms with van der Waals surface area (Å²) in [6.45, 7) is 1.49. The summed E-state index contributed by atoms with van der Waals surface area (Å²) >= 11 is 0. The van der Waals surface area contributed by atoms with Gasteiger partial charge in [-0.05, 0) is 49.9 Å². The van der Waals surface area contributed by atoms with E-state index in [1.54, 1.807) is 14.1 Å². The Morgan fingerprint density at radius 2 is 1.67 bits per heavy atom. The zero-order chi connectivity index (χ0) is 22.5. The molecule has 0 radical (unpaired) electrons. The number of halogens is 6. The molecule has 3 rings (SSSR count). The highest BCUT2D eigenvalue weighted by atomic mass is 19.4. The smallest absolute Gasteiger partial charge is 0.372 e. The van der Waals surface area contributed by atoms with Crippen LogP contribution in [-0.2, 0) is 28.5 Å². The van der Waals surface area contributed by atoms with Crippen LogP contribution in [0.5, 0.6) is 0 Å². The van der Waals surface area contributed by atoms with Crippen molar-refractivity contribution < 1.29 is 35.9 Å². The molecule has 4 nitrogen and oxygen atoms in total.